The molecule has 0 aromatic carbocycles. The maximum Gasteiger partial charge on any atom is 0.259 e. The first-order chi connectivity index (χ1) is 13.0. The molecule has 0 bridgehead atoms. The highest BCUT2D eigenvalue weighted by Crippen LogP contribution is 2.33. The standard InChI is InChI=1S/C19H23N5O2S/c1-23(10-12-9-20-24(2)11-12)16(25)8-7-15-21-18(26)17-13-5-3-4-6-14(13)27-19(17)22-15/h9,11H,3-8,10H2,1-2H3,(H,21,22,26). The van der Waals surface area contributed by atoms with Gasteiger partial charge in [0, 0.05) is 50.1 Å². The number of amides is 1. The van der Waals surface area contributed by atoms with Crippen LogP contribution in [0.25, 0.3) is 10.2 Å². The summed E-state index contributed by atoms with van der Waals surface area (Å²) in [5.41, 5.74) is 2.12. The number of H-pyrrole nitrogens is 1. The Morgan fingerprint density at radius 1 is 1.37 bits per heavy atom. The maximum atomic E-state index is 12.6. The van der Waals surface area contributed by atoms with Crippen molar-refractivity contribution in [2.24, 2.45) is 7.05 Å². The first kappa shape index (κ1) is 17.9. The molecule has 0 saturated carbocycles. The molecule has 27 heavy (non-hydrogen) atoms. The molecule has 1 N–H and O–H groups in total. The van der Waals surface area contributed by atoms with Crippen molar-refractivity contribution in [3.8, 4) is 0 Å². The van der Waals surface area contributed by atoms with Gasteiger partial charge in [-0.05, 0) is 31.2 Å². The minimum absolute atomic E-state index is 0.0204. The number of nitrogens with zero attached hydrogens (tertiary/aromatic N) is 4. The maximum absolute atomic E-state index is 12.6. The Balaban J connectivity index is 1.45. The largest absolute Gasteiger partial charge is 0.341 e. The summed E-state index contributed by atoms with van der Waals surface area (Å²) in [7, 11) is 3.63. The second kappa shape index (κ2) is 7.26. The van der Waals surface area contributed by atoms with Gasteiger partial charge in [-0.15, -0.1) is 11.3 Å². The summed E-state index contributed by atoms with van der Waals surface area (Å²) in [5.74, 6) is 0.612. The van der Waals surface area contributed by atoms with E-state index in [1.807, 2.05) is 13.2 Å². The van der Waals surface area contributed by atoms with Gasteiger partial charge in [-0.3, -0.25) is 14.3 Å². The number of rotatable bonds is 5. The molecule has 1 aliphatic rings. The van der Waals surface area contributed by atoms with Crippen LogP contribution < -0.4 is 5.56 Å². The average Bonchev–Trinajstić information content (AvgIpc) is 3.22. The van der Waals surface area contributed by atoms with Crippen molar-refractivity contribution in [3.05, 3.63) is 44.6 Å². The van der Waals surface area contributed by atoms with Crippen molar-refractivity contribution in [1.29, 1.82) is 0 Å². The first-order valence-electron chi connectivity index (χ1n) is 9.26. The molecule has 142 valence electrons. The van der Waals surface area contributed by atoms with Crippen LogP contribution in [0.2, 0.25) is 0 Å². The highest BCUT2D eigenvalue weighted by Gasteiger charge is 2.20. The van der Waals surface area contributed by atoms with Crippen LogP contribution in [0.1, 0.15) is 41.1 Å². The van der Waals surface area contributed by atoms with Crippen molar-refractivity contribution >= 4 is 27.5 Å². The molecule has 0 atom stereocenters. The zero-order valence-electron chi connectivity index (χ0n) is 15.6. The molecule has 0 aliphatic heterocycles. The Hall–Kier alpha value is -2.48. The van der Waals surface area contributed by atoms with Crippen LogP contribution in [0.15, 0.2) is 17.2 Å². The molecule has 3 aromatic rings. The van der Waals surface area contributed by atoms with E-state index in [0.29, 0.717) is 25.2 Å². The van der Waals surface area contributed by atoms with E-state index in [4.69, 9.17) is 0 Å². The minimum Gasteiger partial charge on any atom is -0.341 e. The van der Waals surface area contributed by atoms with E-state index in [1.54, 1.807) is 34.2 Å². The SMILES string of the molecule is CN(Cc1cnn(C)c1)C(=O)CCc1nc2sc3c(c2c(=O)[nH]1)CCCC3. The molecule has 3 heterocycles. The summed E-state index contributed by atoms with van der Waals surface area (Å²) in [6.07, 6.45) is 8.74. The number of carbonyl (C=O) groups excluding carboxylic acids is 1. The van der Waals surface area contributed by atoms with E-state index in [0.717, 1.165) is 35.0 Å². The third-order valence-electron chi connectivity index (χ3n) is 5.05. The van der Waals surface area contributed by atoms with Crippen molar-refractivity contribution in [2.75, 3.05) is 7.05 Å². The van der Waals surface area contributed by atoms with E-state index in [-0.39, 0.29) is 11.5 Å². The summed E-state index contributed by atoms with van der Waals surface area (Å²) < 4.78 is 1.72. The monoisotopic (exact) mass is 385 g/mol. The van der Waals surface area contributed by atoms with Gasteiger partial charge in [0.2, 0.25) is 5.91 Å². The Kier molecular flexibility index (Phi) is 4.82. The van der Waals surface area contributed by atoms with Crippen molar-refractivity contribution in [2.45, 2.75) is 45.1 Å². The van der Waals surface area contributed by atoms with Gasteiger partial charge >= 0.3 is 0 Å². The summed E-state index contributed by atoms with van der Waals surface area (Å²) in [6, 6.07) is 0. The molecule has 1 amide bonds. The number of fused-ring (bicyclic) bond motifs is 3. The van der Waals surface area contributed by atoms with E-state index in [2.05, 4.69) is 15.1 Å². The second-order valence-corrected chi connectivity index (χ2v) is 8.26. The second-order valence-electron chi connectivity index (χ2n) is 7.18. The van der Waals surface area contributed by atoms with Gasteiger partial charge in [0.05, 0.1) is 11.6 Å². The number of hydrogen-bond donors (Lipinski definition) is 1. The fourth-order valence-corrected chi connectivity index (χ4v) is 4.94. The lowest BCUT2D eigenvalue weighted by Gasteiger charge is -2.16. The van der Waals surface area contributed by atoms with Crippen LogP contribution in [0, 0.1) is 0 Å². The summed E-state index contributed by atoms with van der Waals surface area (Å²) in [4.78, 5) is 36.3. The molecule has 0 radical (unpaired) electrons. The Morgan fingerprint density at radius 2 is 2.19 bits per heavy atom. The number of nitrogens with one attached hydrogen (secondary N) is 1. The van der Waals surface area contributed by atoms with Gasteiger partial charge in [-0.2, -0.15) is 5.10 Å². The average molecular weight is 385 g/mol. The van der Waals surface area contributed by atoms with Gasteiger partial charge in [0.1, 0.15) is 10.7 Å². The van der Waals surface area contributed by atoms with Crippen LogP contribution in [0.3, 0.4) is 0 Å². The van der Waals surface area contributed by atoms with Crippen LogP contribution in [0.5, 0.6) is 0 Å². The minimum atomic E-state index is -0.0643. The third kappa shape index (κ3) is 3.66. The molecular weight excluding hydrogens is 362 g/mol. The number of aryl methyl sites for hydroxylation is 4. The Morgan fingerprint density at radius 3 is 2.96 bits per heavy atom. The zero-order valence-corrected chi connectivity index (χ0v) is 16.4. The fraction of sp³-hybridized carbons (Fsp3) is 0.474. The van der Waals surface area contributed by atoms with Crippen LogP contribution in [-0.4, -0.2) is 37.6 Å². The summed E-state index contributed by atoms with van der Waals surface area (Å²) >= 11 is 1.64. The van der Waals surface area contributed by atoms with Crippen molar-refractivity contribution in [1.82, 2.24) is 24.6 Å². The molecule has 0 fully saturated rings. The summed E-state index contributed by atoms with van der Waals surface area (Å²) in [6.45, 7) is 0.521. The van der Waals surface area contributed by atoms with Gasteiger partial charge in [0.15, 0.2) is 0 Å². The Bertz CT molecular complexity index is 1050. The molecule has 3 aromatic heterocycles. The molecule has 4 rings (SSSR count). The first-order valence-corrected chi connectivity index (χ1v) is 10.1. The smallest absolute Gasteiger partial charge is 0.259 e. The normalized spacial score (nSPS) is 13.7. The molecular formula is C19H23N5O2S. The van der Waals surface area contributed by atoms with E-state index >= 15 is 0 Å². The van der Waals surface area contributed by atoms with E-state index in [9.17, 15) is 9.59 Å². The fourth-order valence-electron chi connectivity index (χ4n) is 3.66. The lowest BCUT2D eigenvalue weighted by atomic mass is 9.97. The van der Waals surface area contributed by atoms with Crippen LogP contribution in [-0.2, 0) is 37.6 Å². The van der Waals surface area contributed by atoms with Gasteiger partial charge in [-0.1, -0.05) is 0 Å². The highest BCUT2D eigenvalue weighted by molar-refractivity contribution is 7.18. The lowest BCUT2D eigenvalue weighted by Crippen LogP contribution is -2.26. The zero-order chi connectivity index (χ0) is 19.0. The molecule has 0 spiro atoms. The Labute approximate surface area is 161 Å². The predicted octanol–water partition coefficient (Wildman–Crippen LogP) is 2.19. The van der Waals surface area contributed by atoms with E-state index < -0.39 is 0 Å². The van der Waals surface area contributed by atoms with Crippen LogP contribution in [0.4, 0.5) is 0 Å². The van der Waals surface area contributed by atoms with Gasteiger partial charge < -0.3 is 9.88 Å². The quantitative estimate of drug-likeness (QED) is 0.730. The summed E-state index contributed by atoms with van der Waals surface area (Å²) in [5, 5.41) is 4.88. The number of aromatic nitrogens is 4. The van der Waals surface area contributed by atoms with Crippen molar-refractivity contribution < 1.29 is 4.79 Å². The van der Waals surface area contributed by atoms with Crippen molar-refractivity contribution in [3.63, 3.8) is 0 Å². The molecule has 1 aliphatic carbocycles. The number of carbonyl (C=O) groups is 1. The predicted molar refractivity (Wildman–Crippen MR) is 105 cm³/mol. The van der Waals surface area contributed by atoms with Gasteiger partial charge in [-0.25, -0.2) is 4.98 Å². The number of hydrogen-bond acceptors (Lipinski definition) is 5. The molecule has 0 saturated heterocycles. The molecule has 7 nitrogen and oxygen atoms in total. The number of thiophene rings is 1. The highest BCUT2D eigenvalue weighted by atomic mass is 32.1. The van der Waals surface area contributed by atoms with Gasteiger partial charge in [0.25, 0.3) is 5.56 Å². The number of aromatic amines is 1. The topological polar surface area (TPSA) is 83.9 Å². The molecule has 0 unspecified atom stereocenters. The lowest BCUT2D eigenvalue weighted by molar-refractivity contribution is -0.130. The van der Waals surface area contributed by atoms with Crippen LogP contribution >= 0.6 is 11.3 Å². The van der Waals surface area contributed by atoms with E-state index in [1.165, 1.54) is 16.9 Å². The molecule has 8 heteroatoms. The third-order valence-corrected chi connectivity index (χ3v) is 6.24.